The van der Waals surface area contributed by atoms with E-state index in [-0.39, 0.29) is 10.7 Å². The predicted octanol–water partition coefficient (Wildman–Crippen LogP) is -1.27. The normalized spacial score (nSPS) is 10.8. The number of thioether (sulfide) groups is 1. The van der Waals surface area contributed by atoms with Crippen LogP contribution in [0.3, 0.4) is 0 Å². The Morgan fingerprint density at radius 3 is 2.88 bits per heavy atom. The van der Waals surface area contributed by atoms with Crippen molar-refractivity contribution in [3.8, 4) is 0 Å². The summed E-state index contributed by atoms with van der Waals surface area (Å²) in [6.45, 7) is 0.942. The van der Waals surface area contributed by atoms with E-state index in [9.17, 15) is 9.90 Å². The van der Waals surface area contributed by atoms with E-state index in [0.29, 0.717) is 5.16 Å². The zero-order chi connectivity index (χ0) is 12.1. The van der Waals surface area contributed by atoms with Crippen LogP contribution >= 0.6 is 23.4 Å². The van der Waals surface area contributed by atoms with E-state index < -0.39 is 5.97 Å². The van der Waals surface area contributed by atoms with Crippen LogP contribution in [-0.4, -0.2) is 42.3 Å². The van der Waals surface area contributed by atoms with E-state index in [1.165, 1.54) is 22.9 Å². The molecule has 0 unspecified atom stereocenters. The number of rotatable bonds is 5. The maximum Gasteiger partial charge on any atom is 0.188 e. The first-order chi connectivity index (χ1) is 7.50. The molecule has 0 saturated heterocycles. The fourth-order valence-electron chi connectivity index (χ4n) is 0.910. The number of halogens is 1. The lowest BCUT2D eigenvalue weighted by Crippen LogP contribution is -3.06. The number of carbonyl (C=O) groups is 1. The first-order valence-electron chi connectivity index (χ1n) is 4.66. The zero-order valence-electron chi connectivity index (χ0n) is 8.99. The number of nitrogens with zero attached hydrogens (tertiary/aromatic N) is 2. The number of carboxylic acid groups (broad SMARTS) is 1. The van der Waals surface area contributed by atoms with E-state index in [1.807, 2.05) is 14.1 Å². The van der Waals surface area contributed by atoms with E-state index in [4.69, 9.17) is 11.6 Å². The molecule has 0 spiro atoms. The molecule has 0 amide bonds. The molecule has 0 aliphatic heterocycles. The monoisotopic (exact) mass is 261 g/mol. The van der Waals surface area contributed by atoms with Gasteiger partial charge in [0.05, 0.1) is 43.6 Å². The Hall–Kier alpha value is -0.850. The molecule has 1 N–H and O–H groups in total. The Morgan fingerprint density at radius 1 is 1.62 bits per heavy atom. The number of hydrogen-bond acceptors (Lipinski definition) is 5. The second-order valence-electron chi connectivity index (χ2n) is 3.44. The third-order valence-electron chi connectivity index (χ3n) is 1.75. The molecule has 1 aromatic rings. The van der Waals surface area contributed by atoms with Crippen molar-refractivity contribution in [2.75, 3.05) is 26.4 Å². The van der Waals surface area contributed by atoms with Gasteiger partial charge in [0.15, 0.2) is 5.16 Å². The summed E-state index contributed by atoms with van der Waals surface area (Å²) in [5, 5.41) is 11.1. The molecule has 0 bridgehead atoms. The van der Waals surface area contributed by atoms with E-state index >= 15 is 0 Å². The lowest BCUT2D eigenvalue weighted by atomic mass is 10.4. The minimum absolute atomic E-state index is 0.00239. The second-order valence-corrected chi connectivity index (χ2v) is 4.91. The van der Waals surface area contributed by atoms with Gasteiger partial charge in [0.25, 0.3) is 0 Å². The van der Waals surface area contributed by atoms with E-state index in [0.717, 1.165) is 12.3 Å². The molecule has 7 heteroatoms. The summed E-state index contributed by atoms with van der Waals surface area (Å²) >= 11 is 7.01. The lowest BCUT2D eigenvalue weighted by molar-refractivity contribution is -0.855. The molecule has 0 fully saturated rings. The highest BCUT2D eigenvalue weighted by Crippen LogP contribution is 2.17. The van der Waals surface area contributed by atoms with Crippen molar-refractivity contribution in [1.82, 2.24) is 9.97 Å². The summed E-state index contributed by atoms with van der Waals surface area (Å²) in [5.41, 5.74) is -0.253. The molecular formula is C9H12ClN3O2S. The minimum Gasteiger partial charge on any atom is -0.543 e. The van der Waals surface area contributed by atoms with Gasteiger partial charge in [-0.2, -0.15) is 0 Å². The first-order valence-corrected chi connectivity index (χ1v) is 6.02. The van der Waals surface area contributed by atoms with Crippen molar-refractivity contribution in [3.63, 3.8) is 0 Å². The Bertz CT molecular complexity index is 387. The standard InChI is InChI=1S/C9H12ClN3O2S/c1-13(2)3-4-16-9-11-5-6(10)7(12-9)8(14)15/h5H,3-4H2,1-2H3,(H,14,15). The fourth-order valence-corrected chi connectivity index (χ4v) is 2.05. The van der Waals surface area contributed by atoms with Crippen molar-refractivity contribution < 1.29 is 14.8 Å². The largest absolute Gasteiger partial charge is 0.543 e. The van der Waals surface area contributed by atoms with Crippen LogP contribution in [0.1, 0.15) is 10.5 Å². The number of hydrogen-bond donors (Lipinski definition) is 1. The van der Waals surface area contributed by atoms with Crippen molar-refractivity contribution in [2.45, 2.75) is 5.16 Å². The SMILES string of the molecule is C[NH+](C)CCSc1ncc(Cl)c(C(=O)[O-])n1. The second kappa shape index (κ2) is 6.03. The van der Waals surface area contributed by atoms with Crippen molar-refractivity contribution in [3.05, 3.63) is 16.9 Å². The minimum atomic E-state index is -1.38. The topological polar surface area (TPSA) is 70.4 Å². The smallest absolute Gasteiger partial charge is 0.188 e. The molecule has 0 aliphatic rings. The Balaban J connectivity index is 2.68. The van der Waals surface area contributed by atoms with Gasteiger partial charge in [0, 0.05) is 0 Å². The molecule has 0 radical (unpaired) electrons. The third kappa shape index (κ3) is 3.96. The number of carboxylic acids is 1. The van der Waals surface area contributed by atoms with Crippen LogP contribution in [-0.2, 0) is 0 Å². The van der Waals surface area contributed by atoms with Crippen LogP contribution in [0, 0.1) is 0 Å². The van der Waals surface area contributed by atoms with Crippen LogP contribution < -0.4 is 10.0 Å². The van der Waals surface area contributed by atoms with Crippen LogP contribution in [0.2, 0.25) is 5.02 Å². The van der Waals surface area contributed by atoms with Crippen molar-refractivity contribution >= 4 is 29.3 Å². The first kappa shape index (κ1) is 13.2. The number of nitrogens with one attached hydrogen (secondary N) is 1. The number of carbonyl (C=O) groups excluding carboxylic acids is 1. The van der Waals surface area contributed by atoms with E-state index in [2.05, 4.69) is 9.97 Å². The molecule has 1 aromatic heterocycles. The van der Waals surface area contributed by atoms with Crippen LogP contribution in [0.15, 0.2) is 11.4 Å². The Labute approximate surface area is 103 Å². The average Bonchev–Trinajstić information content (AvgIpc) is 2.19. The maximum atomic E-state index is 10.7. The van der Waals surface area contributed by atoms with Gasteiger partial charge < -0.3 is 14.8 Å². The quantitative estimate of drug-likeness (QED) is 0.529. The maximum absolute atomic E-state index is 10.7. The van der Waals surface area contributed by atoms with Crippen molar-refractivity contribution in [1.29, 1.82) is 0 Å². The summed E-state index contributed by atoms with van der Waals surface area (Å²) in [6, 6.07) is 0. The summed E-state index contributed by atoms with van der Waals surface area (Å²) < 4.78 is 0. The van der Waals surface area contributed by atoms with Gasteiger partial charge in [0.1, 0.15) is 5.69 Å². The van der Waals surface area contributed by atoms with Gasteiger partial charge in [-0.3, -0.25) is 0 Å². The number of quaternary nitrogens is 1. The van der Waals surface area contributed by atoms with Gasteiger partial charge in [-0.05, 0) is 0 Å². The van der Waals surface area contributed by atoms with Crippen molar-refractivity contribution in [2.24, 2.45) is 0 Å². The lowest BCUT2D eigenvalue weighted by Gasteiger charge is -2.07. The Kier molecular flexibility index (Phi) is 4.98. The molecule has 5 nitrogen and oxygen atoms in total. The number of aromatic nitrogens is 2. The third-order valence-corrected chi connectivity index (χ3v) is 2.89. The van der Waals surface area contributed by atoms with Gasteiger partial charge in [-0.25, -0.2) is 9.97 Å². The summed E-state index contributed by atoms with van der Waals surface area (Å²) in [4.78, 5) is 19.7. The van der Waals surface area contributed by atoms with Crippen LogP contribution in [0.4, 0.5) is 0 Å². The van der Waals surface area contributed by atoms with E-state index in [1.54, 1.807) is 0 Å². The van der Waals surface area contributed by atoms with Gasteiger partial charge >= 0.3 is 0 Å². The average molecular weight is 262 g/mol. The molecule has 0 aromatic carbocycles. The molecule has 16 heavy (non-hydrogen) atoms. The summed E-state index contributed by atoms with van der Waals surface area (Å²) in [5.74, 6) is -0.566. The van der Waals surface area contributed by atoms with Crippen LogP contribution in [0.25, 0.3) is 0 Å². The predicted molar refractivity (Wildman–Crippen MR) is 59.8 cm³/mol. The van der Waals surface area contributed by atoms with Gasteiger partial charge in [-0.15, -0.1) is 0 Å². The molecule has 0 atom stereocenters. The fraction of sp³-hybridized carbons (Fsp3) is 0.444. The number of aromatic carboxylic acids is 1. The highest BCUT2D eigenvalue weighted by molar-refractivity contribution is 7.99. The molecular weight excluding hydrogens is 250 g/mol. The van der Waals surface area contributed by atoms with Gasteiger partial charge in [-0.1, -0.05) is 23.4 Å². The highest BCUT2D eigenvalue weighted by Gasteiger charge is 2.07. The summed E-state index contributed by atoms with van der Waals surface area (Å²) in [7, 11) is 4.08. The highest BCUT2D eigenvalue weighted by atomic mass is 35.5. The Morgan fingerprint density at radius 2 is 2.31 bits per heavy atom. The molecule has 0 saturated carbocycles. The molecule has 1 rings (SSSR count). The van der Waals surface area contributed by atoms with Gasteiger partial charge in [0.2, 0.25) is 0 Å². The van der Waals surface area contributed by atoms with Crippen LogP contribution in [0.5, 0.6) is 0 Å². The molecule has 1 heterocycles. The molecule has 0 aliphatic carbocycles. The zero-order valence-corrected chi connectivity index (χ0v) is 10.6. The molecule has 88 valence electrons. The summed E-state index contributed by atoms with van der Waals surface area (Å²) in [6.07, 6.45) is 1.28.